The van der Waals surface area contributed by atoms with Crippen LogP contribution < -0.4 is 5.32 Å². The zero-order chi connectivity index (χ0) is 17.4. The van der Waals surface area contributed by atoms with Gasteiger partial charge in [-0.2, -0.15) is 0 Å². The van der Waals surface area contributed by atoms with Gasteiger partial charge in [-0.1, -0.05) is 29.4 Å². The van der Waals surface area contributed by atoms with Gasteiger partial charge in [-0.15, -0.1) is 11.8 Å². The monoisotopic (exact) mass is 348 g/mol. The second-order valence-corrected chi connectivity index (χ2v) is 6.29. The number of esters is 1. The number of thioether (sulfide) groups is 1. The van der Waals surface area contributed by atoms with Crippen LogP contribution in [-0.2, 0) is 9.53 Å². The summed E-state index contributed by atoms with van der Waals surface area (Å²) in [6, 6.07) is 8.57. The van der Waals surface area contributed by atoms with Crippen LogP contribution >= 0.6 is 11.8 Å². The van der Waals surface area contributed by atoms with Crippen molar-refractivity contribution in [2.24, 2.45) is 5.16 Å². The number of rotatable bonds is 6. The fourth-order valence-electron chi connectivity index (χ4n) is 2.30. The maximum atomic E-state index is 12.2. The van der Waals surface area contributed by atoms with E-state index in [1.807, 2.05) is 12.1 Å². The Morgan fingerprint density at radius 2 is 2.17 bits per heavy atom. The summed E-state index contributed by atoms with van der Waals surface area (Å²) in [5.74, 6) is 0.173. The maximum absolute atomic E-state index is 12.2. The fraction of sp³-hybridized carbons (Fsp3) is 0.353. The fourth-order valence-corrected chi connectivity index (χ4v) is 3.46. The highest BCUT2D eigenvalue weighted by Crippen LogP contribution is 2.29. The van der Waals surface area contributed by atoms with Crippen LogP contribution in [0.4, 0.5) is 0 Å². The van der Waals surface area contributed by atoms with E-state index in [0.717, 1.165) is 4.91 Å². The van der Waals surface area contributed by atoms with E-state index in [2.05, 4.69) is 15.2 Å². The molecule has 1 heterocycles. The van der Waals surface area contributed by atoms with Crippen LogP contribution in [0.2, 0.25) is 0 Å². The van der Waals surface area contributed by atoms with E-state index in [0.29, 0.717) is 36.3 Å². The lowest BCUT2D eigenvalue weighted by atomic mass is 10.1. The quantitative estimate of drug-likeness (QED) is 0.357. The van der Waals surface area contributed by atoms with E-state index in [9.17, 15) is 14.8 Å². The first kappa shape index (κ1) is 18.1. The molecule has 1 aliphatic rings. The topological polar surface area (TPSA) is 88.0 Å². The van der Waals surface area contributed by atoms with Crippen molar-refractivity contribution in [3.8, 4) is 0 Å². The number of hydrogen-bond donors (Lipinski definition) is 2. The second kappa shape index (κ2) is 9.12. The minimum absolute atomic E-state index is 0.200. The first-order chi connectivity index (χ1) is 11.7. The Balaban J connectivity index is 1.92. The van der Waals surface area contributed by atoms with Gasteiger partial charge in [0.15, 0.2) is 0 Å². The predicted molar refractivity (Wildman–Crippen MR) is 93.3 cm³/mol. The maximum Gasteiger partial charge on any atom is 0.305 e. The van der Waals surface area contributed by atoms with E-state index in [-0.39, 0.29) is 17.9 Å². The minimum Gasteiger partial charge on any atom is -0.469 e. The second-order valence-electron chi connectivity index (χ2n) is 5.23. The Morgan fingerprint density at radius 1 is 1.42 bits per heavy atom. The van der Waals surface area contributed by atoms with Crippen molar-refractivity contribution in [2.75, 3.05) is 12.9 Å². The van der Waals surface area contributed by atoms with Crippen LogP contribution in [0.25, 0.3) is 0 Å². The molecule has 2 rings (SSSR count). The van der Waals surface area contributed by atoms with Crippen LogP contribution in [0.15, 0.2) is 46.5 Å². The molecule has 1 amide bonds. The number of unbranched alkanes of at least 4 members (excludes halogenated alkanes) is 1. The average molecular weight is 348 g/mol. The molecular weight excluding hydrogens is 328 g/mol. The molecule has 1 saturated heterocycles. The van der Waals surface area contributed by atoms with E-state index >= 15 is 0 Å². The number of nitrogens with one attached hydrogen (secondary N) is 1. The molecule has 0 aliphatic carbocycles. The molecule has 0 radical (unpaired) electrons. The number of amides is 1. The van der Waals surface area contributed by atoms with Crippen molar-refractivity contribution >= 4 is 29.4 Å². The van der Waals surface area contributed by atoms with Gasteiger partial charge in [-0.25, -0.2) is 0 Å². The molecule has 0 aromatic heterocycles. The lowest BCUT2D eigenvalue weighted by molar-refractivity contribution is -0.140. The van der Waals surface area contributed by atoms with Gasteiger partial charge in [-0.3, -0.25) is 9.59 Å². The molecule has 1 aromatic carbocycles. The first-order valence-electron chi connectivity index (χ1n) is 7.63. The zero-order valence-electron chi connectivity index (χ0n) is 13.4. The summed E-state index contributed by atoms with van der Waals surface area (Å²) in [6.07, 6.45) is 3.62. The average Bonchev–Trinajstić information content (AvgIpc) is 3.00. The summed E-state index contributed by atoms with van der Waals surface area (Å²) in [4.78, 5) is 24.1. The largest absolute Gasteiger partial charge is 0.469 e. The summed E-state index contributed by atoms with van der Waals surface area (Å²) in [5.41, 5.74) is 1.03. The molecule has 0 spiro atoms. The molecule has 1 aliphatic heterocycles. The van der Waals surface area contributed by atoms with Gasteiger partial charge < -0.3 is 15.3 Å². The van der Waals surface area contributed by atoms with Crippen molar-refractivity contribution in [3.05, 3.63) is 46.9 Å². The smallest absolute Gasteiger partial charge is 0.305 e. The predicted octanol–water partition coefficient (Wildman–Crippen LogP) is 2.59. The van der Waals surface area contributed by atoms with E-state index in [1.54, 1.807) is 24.3 Å². The highest BCUT2D eigenvalue weighted by atomic mass is 32.2. The van der Waals surface area contributed by atoms with Crippen LogP contribution in [0, 0.1) is 0 Å². The third kappa shape index (κ3) is 4.86. The number of oxime groups is 1. The van der Waals surface area contributed by atoms with Crippen molar-refractivity contribution in [2.45, 2.75) is 25.3 Å². The van der Waals surface area contributed by atoms with Gasteiger partial charge in [0.25, 0.3) is 5.91 Å². The summed E-state index contributed by atoms with van der Waals surface area (Å²) in [7, 11) is 1.37. The minimum atomic E-state index is -0.334. The van der Waals surface area contributed by atoms with E-state index in [4.69, 9.17) is 0 Å². The normalized spacial score (nSPS) is 20.3. The standard InChI is InChI=1S/C17H20N2O4S/c1-23-15(20)10-6-5-9-14-16(19-22)13(11-24-14)18-17(21)12-7-3-2-4-8-12/h2-4,7-9,13,22H,5-6,10-11H2,1H3,(H,18,21)/b14-9+,19-16+. The van der Waals surface area contributed by atoms with E-state index in [1.165, 1.54) is 18.9 Å². The Kier molecular flexibility index (Phi) is 6.87. The highest BCUT2D eigenvalue weighted by molar-refractivity contribution is 8.04. The van der Waals surface area contributed by atoms with Crippen LogP contribution in [-0.4, -0.2) is 41.7 Å². The molecule has 1 aromatic rings. The Morgan fingerprint density at radius 3 is 2.83 bits per heavy atom. The van der Waals surface area contributed by atoms with Gasteiger partial charge in [0.1, 0.15) is 5.71 Å². The van der Waals surface area contributed by atoms with Gasteiger partial charge in [-0.05, 0) is 25.0 Å². The van der Waals surface area contributed by atoms with Crippen LogP contribution in [0.1, 0.15) is 29.6 Å². The molecule has 2 N–H and O–H groups in total. The van der Waals surface area contributed by atoms with Gasteiger partial charge in [0, 0.05) is 22.6 Å². The lowest BCUT2D eigenvalue weighted by Gasteiger charge is -2.12. The number of allylic oxidation sites excluding steroid dienone is 1. The third-order valence-corrected chi connectivity index (χ3v) is 4.77. The number of carbonyl (C=O) groups is 2. The van der Waals surface area contributed by atoms with Crippen molar-refractivity contribution in [3.63, 3.8) is 0 Å². The number of carbonyl (C=O) groups excluding carboxylic acids is 2. The zero-order valence-corrected chi connectivity index (χ0v) is 14.2. The Labute approximate surface area is 145 Å². The summed E-state index contributed by atoms with van der Waals surface area (Å²) in [5, 5.41) is 15.5. The summed E-state index contributed by atoms with van der Waals surface area (Å²) in [6.45, 7) is 0. The number of ether oxygens (including phenoxy) is 1. The molecule has 7 heteroatoms. The van der Waals surface area contributed by atoms with E-state index < -0.39 is 0 Å². The molecule has 0 saturated carbocycles. The number of hydrogen-bond acceptors (Lipinski definition) is 6. The molecule has 0 bridgehead atoms. The number of nitrogens with zero attached hydrogens (tertiary/aromatic N) is 1. The molecule has 1 unspecified atom stereocenters. The van der Waals surface area contributed by atoms with Crippen molar-refractivity contribution < 1.29 is 19.5 Å². The van der Waals surface area contributed by atoms with Gasteiger partial charge >= 0.3 is 5.97 Å². The lowest BCUT2D eigenvalue weighted by Crippen LogP contribution is -2.39. The summed E-state index contributed by atoms with van der Waals surface area (Å²) >= 11 is 1.52. The van der Waals surface area contributed by atoms with Gasteiger partial charge in [0.2, 0.25) is 0 Å². The van der Waals surface area contributed by atoms with Crippen LogP contribution in [0.3, 0.4) is 0 Å². The van der Waals surface area contributed by atoms with Crippen molar-refractivity contribution in [1.82, 2.24) is 5.32 Å². The molecule has 24 heavy (non-hydrogen) atoms. The highest BCUT2D eigenvalue weighted by Gasteiger charge is 2.30. The van der Waals surface area contributed by atoms with Gasteiger partial charge in [0.05, 0.1) is 13.2 Å². The molecule has 1 atom stereocenters. The molecular formula is C17H20N2O4S. The van der Waals surface area contributed by atoms with Crippen LogP contribution in [0.5, 0.6) is 0 Å². The van der Waals surface area contributed by atoms with Crippen molar-refractivity contribution in [1.29, 1.82) is 0 Å². The number of methoxy groups -OCH3 is 1. The Bertz CT molecular complexity index is 643. The molecule has 6 nitrogen and oxygen atoms in total. The SMILES string of the molecule is COC(=O)CCC/C=C1/SCC(NC(=O)c2ccccc2)/C1=N\O. The number of benzene rings is 1. The third-order valence-electron chi connectivity index (χ3n) is 3.58. The summed E-state index contributed by atoms with van der Waals surface area (Å²) < 4.78 is 4.59. The molecule has 128 valence electrons. The molecule has 1 fully saturated rings. The Hall–Kier alpha value is -2.28. The first-order valence-corrected chi connectivity index (χ1v) is 8.62.